The number of hydrogen-bond acceptors (Lipinski definition) is 7. The van der Waals surface area contributed by atoms with Crippen molar-refractivity contribution in [3.8, 4) is 0 Å². The summed E-state index contributed by atoms with van der Waals surface area (Å²) in [6.45, 7) is 5.26. The molecule has 0 bridgehead atoms. The summed E-state index contributed by atoms with van der Waals surface area (Å²) in [6.07, 6.45) is 0.734. The normalized spacial score (nSPS) is 11.5. The Kier molecular flexibility index (Phi) is 5.35. The third kappa shape index (κ3) is 5.51. The number of anilines is 3. The second-order valence-electron chi connectivity index (χ2n) is 5.81. The van der Waals surface area contributed by atoms with Crippen LogP contribution in [0.5, 0.6) is 0 Å². The van der Waals surface area contributed by atoms with Crippen LogP contribution in [0.1, 0.15) is 26.3 Å². The maximum atomic E-state index is 13.5. The van der Waals surface area contributed by atoms with Crippen LogP contribution >= 0.6 is 11.3 Å². The fraction of sp³-hybridized carbons (Fsp3) is 0.267. The minimum Gasteiger partial charge on any atom is -0.444 e. The second kappa shape index (κ2) is 7.26. The third-order valence-corrected chi connectivity index (χ3v) is 3.30. The molecule has 0 atom stereocenters. The van der Waals surface area contributed by atoms with Gasteiger partial charge in [-0.15, -0.1) is 11.3 Å². The number of rotatable bonds is 4. The van der Waals surface area contributed by atoms with Gasteiger partial charge in [-0.3, -0.25) is 10.7 Å². The molecule has 4 N–H and O–H groups in total. The number of hydrazone groups is 1. The number of nitrogens with two attached hydrogens (primary N) is 1. The number of nitrogens with zero attached hydrogens (tertiary/aromatic N) is 2. The maximum Gasteiger partial charge on any atom is 0.412 e. The van der Waals surface area contributed by atoms with E-state index in [4.69, 9.17) is 10.5 Å². The highest BCUT2D eigenvalue weighted by Gasteiger charge is 2.17. The number of carbonyl (C=O) groups is 1. The average molecular weight is 351 g/mol. The number of hydrogen-bond donors (Lipinski definition) is 3. The van der Waals surface area contributed by atoms with Gasteiger partial charge < -0.3 is 10.5 Å². The van der Waals surface area contributed by atoms with E-state index in [2.05, 4.69) is 20.8 Å². The number of amides is 1. The zero-order valence-electron chi connectivity index (χ0n) is 13.5. The van der Waals surface area contributed by atoms with Crippen LogP contribution in [0.2, 0.25) is 0 Å². The fourth-order valence-electron chi connectivity index (χ4n) is 1.66. The molecule has 0 aliphatic heterocycles. The van der Waals surface area contributed by atoms with Crippen molar-refractivity contribution in [2.75, 3.05) is 16.5 Å². The largest absolute Gasteiger partial charge is 0.444 e. The lowest BCUT2D eigenvalue weighted by atomic mass is 10.2. The molecule has 0 aliphatic rings. The highest BCUT2D eigenvalue weighted by molar-refractivity contribution is 7.14. The SMILES string of the molecule is CC(C)(C)OC(=O)Nc1ccc(F)cc1C=NNc1nc(N)cs1. The van der Waals surface area contributed by atoms with Gasteiger partial charge in [0.15, 0.2) is 0 Å². The number of nitrogens with one attached hydrogen (secondary N) is 2. The predicted molar refractivity (Wildman–Crippen MR) is 94.0 cm³/mol. The number of ether oxygens (including phenoxy) is 1. The van der Waals surface area contributed by atoms with E-state index in [0.29, 0.717) is 22.2 Å². The summed E-state index contributed by atoms with van der Waals surface area (Å²) in [5.74, 6) is -0.0691. The molecule has 0 saturated heterocycles. The highest BCUT2D eigenvalue weighted by atomic mass is 32.1. The molecule has 2 rings (SSSR count). The number of halogens is 1. The van der Waals surface area contributed by atoms with Gasteiger partial charge >= 0.3 is 6.09 Å². The first-order valence-electron chi connectivity index (χ1n) is 7.02. The molecule has 0 fully saturated rings. The van der Waals surface area contributed by atoms with E-state index >= 15 is 0 Å². The van der Waals surface area contributed by atoms with Gasteiger partial charge in [0, 0.05) is 10.9 Å². The summed E-state index contributed by atoms with van der Waals surface area (Å²) in [6, 6.07) is 3.91. The Morgan fingerprint density at radius 3 is 2.83 bits per heavy atom. The van der Waals surface area contributed by atoms with Gasteiger partial charge in [0.05, 0.1) is 11.9 Å². The van der Waals surface area contributed by atoms with Gasteiger partial charge in [-0.1, -0.05) is 0 Å². The first-order chi connectivity index (χ1) is 11.2. The molecule has 24 heavy (non-hydrogen) atoms. The van der Waals surface area contributed by atoms with Crippen LogP contribution < -0.4 is 16.5 Å². The van der Waals surface area contributed by atoms with Crippen LogP contribution in [0.4, 0.5) is 25.8 Å². The van der Waals surface area contributed by atoms with E-state index in [0.717, 1.165) is 0 Å². The molecule has 0 saturated carbocycles. The van der Waals surface area contributed by atoms with Crippen molar-refractivity contribution in [2.45, 2.75) is 26.4 Å². The molecular formula is C15H18FN5O2S. The fourth-order valence-corrected chi connectivity index (χ4v) is 2.21. The molecule has 2 aromatic rings. The van der Waals surface area contributed by atoms with Crippen LogP contribution in [0, 0.1) is 5.82 Å². The second-order valence-corrected chi connectivity index (χ2v) is 6.66. The van der Waals surface area contributed by atoms with E-state index in [9.17, 15) is 9.18 Å². The molecule has 0 radical (unpaired) electrons. The average Bonchev–Trinajstić information content (AvgIpc) is 2.85. The van der Waals surface area contributed by atoms with Crippen molar-refractivity contribution >= 4 is 40.3 Å². The molecule has 0 spiro atoms. The van der Waals surface area contributed by atoms with Gasteiger partial charge in [0.2, 0.25) is 5.13 Å². The summed E-state index contributed by atoms with van der Waals surface area (Å²) >= 11 is 1.28. The predicted octanol–water partition coefficient (Wildman–Crippen LogP) is 3.66. The topological polar surface area (TPSA) is 102 Å². The first kappa shape index (κ1) is 17.7. The monoisotopic (exact) mass is 351 g/mol. The molecular weight excluding hydrogens is 333 g/mol. The van der Waals surface area contributed by atoms with E-state index in [-0.39, 0.29) is 0 Å². The summed E-state index contributed by atoms with van der Waals surface area (Å²) in [7, 11) is 0. The van der Waals surface area contributed by atoms with Gasteiger partial charge in [0.1, 0.15) is 17.2 Å². The molecule has 0 unspecified atom stereocenters. The molecule has 0 aliphatic carbocycles. The van der Waals surface area contributed by atoms with Crippen LogP contribution in [0.15, 0.2) is 28.7 Å². The Morgan fingerprint density at radius 1 is 1.46 bits per heavy atom. The molecule has 1 aromatic heterocycles. The van der Waals surface area contributed by atoms with Crippen LogP contribution in [-0.4, -0.2) is 22.9 Å². The van der Waals surface area contributed by atoms with Gasteiger partial charge in [0.25, 0.3) is 0 Å². The van der Waals surface area contributed by atoms with Gasteiger partial charge in [-0.05, 0) is 39.0 Å². The Hall–Kier alpha value is -2.68. The lowest BCUT2D eigenvalue weighted by Gasteiger charge is -2.20. The molecule has 1 heterocycles. The van der Waals surface area contributed by atoms with Crippen molar-refractivity contribution in [3.63, 3.8) is 0 Å². The zero-order valence-corrected chi connectivity index (χ0v) is 14.3. The molecule has 128 valence electrons. The Labute approximate surface area is 142 Å². The van der Waals surface area contributed by atoms with E-state index < -0.39 is 17.5 Å². The lowest BCUT2D eigenvalue weighted by molar-refractivity contribution is 0.0636. The van der Waals surface area contributed by atoms with E-state index in [1.165, 1.54) is 35.8 Å². The van der Waals surface area contributed by atoms with Crippen molar-refractivity contribution in [3.05, 3.63) is 35.0 Å². The molecule has 9 heteroatoms. The molecule has 7 nitrogen and oxygen atoms in total. The minimum absolute atomic E-state index is 0.370. The Bertz CT molecular complexity index is 755. The summed E-state index contributed by atoms with van der Waals surface area (Å²) in [5, 5.41) is 8.70. The molecule has 1 amide bonds. The van der Waals surface area contributed by atoms with Crippen molar-refractivity contribution in [1.29, 1.82) is 0 Å². The first-order valence-corrected chi connectivity index (χ1v) is 7.90. The van der Waals surface area contributed by atoms with Crippen LogP contribution in [-0.2, 0) is 4.74 Å². The zero-order chi connectivity index (χ0) is 17.7. The van der Waals surface area contributed by atoms with Crippen LogP contribution in [0.3, 0.4) is 0 Å². The highest BCUT2D eigenvalue weighted by Crippen LogP contribution is 2.19. The summed E-state index contributed by atoms with van der Waals surface area (Å²) in [4.78, 5) is 15.8. The quantitative estimate of drug-likeness (QED) is 0.576. The smallest absolute Gasteiger partial charge is 0.412 e. The Morgan fingerprint density at radius 2 is 2.21 bits per heavy atom. The standard InChI is InChI=1S/C15H18FN5O2S/c1-15(2,3)23-14(22)19-11-5-4-10(16)6-9(11)7-18-21-13-20-12(17)8-24-13/h4-8H,17H2,1-3H3,(H,19,22)(H,20,21). The third-order valence-electron chi connectivity index (χ3n) is 2.54. The minimum atomic E-state index is -0.635. The number of aromatic nitrogens is 1. The maximum absolute atomic E-state index is 13.5. The van der Waals surface area contributed by atoms with E-state index in [1.54, 1.807) is 26.2 Å². The summed E-state index contributed by atoms with van der Waals surface area (Å²) in [5.41, 5.74) is 8.30. The number of benzene rings is 1. The van der Waals surface area contributed by atoms with E-state index in [1.807, 2.05) is 0 Å². The van der Waals surface area contributed by atoms with Crippen molar-refractivity contribution < 1.29 is 13.9 Å². The number of thiazole rings is 1. The van der Waals surface area contributed by atoms with Gasteiger partial charge in [-0.2, -0.15) is 5.10 Å². The Balaban J connectivity index is 2.10. The van der Waals surface area contributed by atoms with Gasteiger partial charge in [-0.25, -0.2) is 14.2 Å². The van der Waals surface area contributed by atoms with Crippen LogP contribution in [0.25, 0.3) is 0 Å². The summed E-state index contributed by atoms with van der Waals surface area (Å²) < 4.78 is 18.6. The lowest BCUT2D eigenvalue weighted by Crippen LogP contribution is -2.27. The van der Waals surface area contributed by atoms with Crippen molar-refractivity contribution in [2.24, 2.45) is 5.10 Å². The number of nitrogen functional groups attached to an aromatic ring is 1. The number of carbonyl (C=O) groups excluding carboxylic acids is 1. The van der Waals surface area contributed by atoms with Crippen molar-refractivity contribution in [1.82, 2.24) is 4.98 Å². The molecule has 1 aromatic carbocycles.